The van der Waals surface area contributed by atoms with Crippen LogP contribution in [0.5, 0.6) is 5.88 Å². The zero-order chi connectivity index (χ0) is 9.97. The predicted molar refractivity (Wildman–Crippen MR) is 54.1 cm³/mol. The molecule has 1 aromatic carbocycles. The molecule has 72 valence electrons. The van der Waals surface area contributed by atoms with Gasteiger partial charge in [-0.05, 0) is 29.2 Å². The molecule has 0 aliphatic rings. The molecule has 2 aromatic rings. The molecule has 4 heteroatoms. The summed E-state index contributed by atoms with van der Waals surface area (Å²) < 4.78 is 22.0. The molecule has 0 amide bonds. The Kier molecular flexibility index (Phi) is 2.45. The molecule has 0 unspecified atom stereocenters. The van der Waals surface area contributed by atoms with E-state index >= 15 is 0 Å². The quantitative estimate of drug-likeness (QED) is 0.758. The zero-order valence-corrected chi connectivity index (χ0v) is 8.34. The Labute approximate surface area is 85.1 Å². The van der Waals surface area contributed by atoms with Crippen molar-refractivity contribution in [3.8, 4) is 17.0 Å². The van der Waals surface area contributed by atoms with E-state index in [4.69, 9.17) is 4.74 Å². The molecule has 0 aliphatic heterocycles. The zero-order valence-electron chi connectivity index (χ0n) is 7.53. The lowest BCUT2D eigenvalue weighted by Gasteiger charge is -2.00. The molecule has 0 saturated heterocycles. The molecule has 0 radical (unpaired) electrons. The van der Waals surface area contributed by atoms with Crippen LogP contribution in [0.2, 0.25) is 0 Å². The number of hydrogen-bond acceptors (Lipinski definition) is 3. The molecule has 2 rings (SSSR count). The van der Waals surface area contributed by atoms with E-state index in [1.165, 1.54) is 23.7 Å². The highest BCUT2D eigenvalue weighted by atomic mass is 32.1. The average Bonchev–Trinajstić information content (AvgIpc) is 2.65. The van der Waals surface area contributed by atoms with Gasteiger partial charge in [0.25, 0.3) is 0 Å². The highest BCUT2D eigenvalue weighted by Crippen LogP contribution is 2.30. The van der Waals surface area contributed by atoms with Gasteiger partial charge in [-0.3, -0.25) is 0 Å². The molecule has 1 heterocycles. The molecule has 0 spiro atoms. The van der Waals surface area contributed by atoms with Crippen LogP contribution in [-0.2, 0) is 0 Å². The second kappa shape index (κ2) is 3.75. The molecule has 2 nitrogen and oxygen atoms in total. The Morgan fingerprint density at radius 1 is 1.43 bits per heavy atom. The standard InChI is InChI=1S/C10H8FNOS/c1-13-10-9(6-14-12-10)7-3-2-4-8(11)5-7/h2-6H,1H3. The van der Waals surface area contributed by atoms with Gasteiger partial charge in [0.1, 0.15) is 5.82 Å². The van der Waals surface area contributed by atoms with Crippen LogP contribution in [-0.4, -0.2) is 11.5 Å². The molecule has 0 aliphatic carbocycles. The van der Waals surface area contributed by atoms with Crippen molar-refractivity contribution < 1.29 is 9.13 Å². The SMILES string of the molecule is COc1nscc1-c1cccc(F)c1. The number of hydrogen-bond donors (Lipinski definition) is 0. The van der Waals surface area contributed by atoms with Gasteiger partial charge in [-0.2, -0.15) is 4.37 Å². The van der Waals surface area contributed by atoms with Crippen molar-refractivity contribution in [2.45, 2.75) is 0 Å². The molecule has 1 aromatic heterocycles. The maximum atomic E-state index is 12.9. The fourth-order valence-electron chi connectivity index (χ4n) is 1.22. The monoisotopic (exact) mass is 209 g/mol. The first-order valence-corrected chi connectivity index (χ1v) is 4.89. The number of benzene rings is 1. The number of halogens is 1. The number of rotatable bonds is 2. The van der Waals surface area contributed by atoms with Crippen molar-refractivity contribution in [2.24, 2.45) is 0 Å². The number of aromatic nitrogens is 1. The number of methoxy groups -OCH3 is 1. The largest absolute Gasteiger partial charge is 0.480 e. The van der Waals surface area contributed by atoms with E-state index in [2.05, 4.69) is 4.37 Å². The summed E-state index contributed by atoms with van der Waals surface area (Å²) in [6.45, 7) is 0. The maximum absolute atomic E-state index is 12.9. The third kappa shape index (κ3) is 1.61. The van der Waals surface area contributed by atoms with Crippen molar-refractivity contribution in [1.82, 2.24) is 4.37 Å². The first-order chi connectivity index (χ1) is 6.81. The van der Waals surface area contributed by atoms with E-state index < -0.39 is 0 Å². The van der Waals surface area contributed by atoms with Gasteiger partial charge < -0.3 is 4.74 Å². The minimum Gasteiger partial charge on any atom is -0.480 e. The van der Waals surface area contributed by atoms with Crippen LogP contribution < -0.4 is 4.74 Å². The summed E-state index contributed by atoms with van der Waals surface area (Å²) in [6, 6.07) is 6.37. The van der Waals surface area contributed by atoms with Crippen molar-refractivity contribution in [3.05, 3.63) is 35.5 Å². The van der Waals surface area contributed by atoms with E-state index in [-0.39, 0.29) is 5.82 Å². The van der Waals surface area contributed by atoms with Crippen LogP contribution in [0.25, 0.3) is 11.1 Å². The molecule has 0 atom stereocenters. The van der Waals surface area contributed by atoms with Gasteiger partial charge in [0, 0.05) is 5.38 Å². The Morgan fingerprint density at radius 2 is 2.29 bits per heavy atom. The van der Waals surface area contributed by atoms with E-state index in [9.17, 15) is 4.39 Å². The highest BCUT2D eigenvalue weighted by molar-refractivity contribution is 7.04. The normalized spacial score (nSPS) is 10.1. The summed E-state index contributed by atoms with van der Waals surface area (Å²) in [5.41, 5.74) is 1.62. The predicted octanol–water partition coefficient (Wildman–Crippen LogP) is 2.96. The molecule has 0 fully saturated rings. The van der Waals surface area contributed by atoms with Crippen molar-refractivity contribution in [3.63, 3.8) is 0 Å². The molecule has 14 heavy (non-hydrogen) atoms. The van der Waals surface area contributed by atoms with Gasteiger partial charge in [-0.1, -0.05) is 12.1 Å². The first kappa shape index (κ1) is 9.15. The second-order valence-corrected chi connectivity index (χ2v) is 3.38. The van der Waals surface area contributed by atoms with E-state index in [0.717, 1.165) is 11.1 Å². The van der Waals surface area contributed by atoms with Crippen LogP contribution in [0.4, 0.5) is 4.39 Å². The summed E-state index contributed by atoms with van der Waals surface area (Å²) in [7, 11) is 1.55. The van der Waals surface area contributed by atoms with Crippen LogP contribution >= 0.6 is 11.5 Å². The lowest BCUT2D eigenvalue weighted by atomic mass is 10.1. The summed E-state index contributed by atoms with van der Waals surface area (Å²) in [4.78, 5) is 0. The Bertz CT molecular complexity index is 441. The fraction of sp³-hybridized carbons (Fsp3) is 0.100. The van der Waals surface area contributed by atoms with Gasteiger partial charge in [0.05, 0.1) is 12.7 Å². The molecular weight excluding hydrogens is 201 g/mol. The van der Waals surface area contributed by atoms with E-state index in [1.807, 2.05) is 11.4 Å². The van der Waals surface area contributed by atoms with Crippen molar-refractivity contribution in [1.29, 1.82) is 0 Å². The minimum atomic E-state index is -0.254. The number of ether oxygens (including phenoxy) is 1. The lowest BCUT2D eigenvalue weighted by molar-refractivity contribution is 0.404. The van der Waals surface area contributed by atoms with Gasteiger partial charge in [0.15, 0.2) is 0 Å². The van der Waals surface area contributed by atoms with Gasteiger partial charge >= 0.3 is 0 Å². The summed E-state index contributed by atoms with van der Waals surface area (Å²) >= 11 is 1.29. The molecule has 0 saturated carbocycles. The van der Waals surface area contributed by atoms with Crippen LogP contribution in [0.3, 0.4) is 0 Å². The van der Waals surface area contributed by atoms with Crippen LogP contribution in [0, 0.1) is 5.82 Å². The topological polar surface area (TPSA) is 22.1 Å². The van der Waals surface area contributed by atoms with Gasteiger partial charge in [0.2, 0.25) is 5.88 Å². The lowest BCUT2D eigenvalue weighted by Crippen LogP contribution is -1.85. The molecule has 0 bridgehead atoms. The van der Waals surface area contributed by atoms with Crippen molar-refractivity contribution in [2.75, 3.05) is 7.11 Å². The molecule has 0 N–H and O–H groups in total. The smallest absolute Gasteiger partial charge is 0.232 e. The summed E-state index contributed by atoms with van der Waals surface area (Å²) in [5, 5.41) is 1.84. The second-order valence-electron chi connectivity index (χ2n) is 2.75. The average molecular weight is 209 g/mol. The summed E-state index contributed by atoms with van der Waals surface area (Å²) in [5.74, 6) is 0.288. The van der Waals surface area contributed by atoms with Gasteiger partial charge in [-0.25, -0.2) is 4.39 Å². The van der Waals surface area contributed by atoms with Crippen LogP contribution in [0.1, 0.15) is 0 Å². The molecular formula is C10H8FNOS. The first-order valence-electron chi connectivity index (χ1n) is 4.05. The Hall–Kier alpha value is -1.42. The fourth-order valence-corrected chi connectivity index (χ4v) is 1.88. The van der Waals surface area contributed by atoms with Crippen molar-refractivity contribution >= 4 is 11.5 Å². The third-order valence-electron chi connectivity index (χ3n) is 1.87. The minimum absolute atomic E-state index is 0.254. The number of nitrogens with zero attached hydrogens (tertiary/aromatic N) is 1. The Morgan fingerprint density at radius 3 is 3.00 bits per heavy atom. The van der Waals surface area contributed by atoms with E-state index in [1.54, 1.807) is 13.2 Å². The van der Waals surface area contributed by atoms with Crippen LogP contribution in [0.15, 0.2) is 29.6 Å². The summed E-state index contributed by atoms with van der Waals surface area (Å²) in [6.07, 6.45) is 0. The Balaban J connectivity index is 2.49. The highest BCUT2D eigenvalue weighted by Gasteiger charge is 2.08. The van der Waals surface area contributed by atoms with Gasteiger partial charge in [-0.15, -0.1) is 0 Å². The maximum Gasteiger partial charge on any atom is 0.232 e. The third-order valence-corrected chi connectivity index (χ3v) is 2.48. The van der Waals surface area contributed by atoms with E-state index in [0.29, 0.717) is 5.88 Å².